The first-order valence-electron chi connectivity index (χ1n) is 8.39. The van der Waals surface area contributed by atoms with Crippen molar-refractivity contribution in [2.45, 2.75) is 12.0 Å². The Labute approximate surface area is 183 Å². The van der Waals surface area contributed by atoms with Gasteiger partial charge in [0.05, 0.1) is 10.0 Å². The predicted octanol–water partition coefficient (Wildman–Crippen LogP) is 4.47. The molecule has 0 saturated carbocycles. The highest BCUT2D eigenvalue weighted by atomic mass is 79.9. The maximum atomic E-state index is 12.6. The van der Waals surface area contributed by atoms with Crippen LogP contribution in [0.25, 0.3) is 0 Å². The second-order valence-electron chi connectivity index (χ2n) is 6.11. The first-order chi connectivity index (χ1) is 13.5. The highest BCUT2D eigenvalue weighted by molar-refractivity contribution is 9.10. The smallest absolute Gasteiger partial charge is 0.420 e. The summed E-state index contributed by atoms with van der Waals surface area (Å²) in [5.41, 5.74) is -3.09. The van der Waals surface area contributed by atoms with Gasteiger partial charge in [0, 0.05) is 59.9 Å². The van der Waals surface area contributed by atoms with Crippen molar-refractivity contribution in [3.8, 4) is 5.75 Å². The van der Waals surface area contributed by atoms with Crippen LogP contribution in [0, 0.1) is 0 Å². The average molecular weight is 511 g/mol. The van der Waals surface area contributed by atoms with E-state index >= 15 is 0 Å². The zero-order valence-corrected chi connectivity index (χ0v) is 18.8. The Hall–Kier alpha value is -1.78. The second-order valence-corrected chi connectivity index (χ2v) is 8.96. The molecule has 0 aliphatic carbocycles. The van der Waals surface area contributed by atoms with Gasteiger partial charge in [-0.05, 0) is 52.7 Å². The molecule has 1 aromatic heterocycles. The summed E-state index contributed by atoms with van der Waals surface area (Å²) in [6, 6.07) is 7.00. The third-order valence-corrected chi connectivity index (χ3v) is 5.24. The van der Waals surface area contributed by atoms with Crippen molar-refractivity contribution in [3.05, 3.63) is 46.6 Å². The van der Waals surface area contributed by atoms with E-state index in [1.54, 1.807) is 12.3 Å². The molecule has 1 amide bonds. The third kappa shape index (κ3) is 7.87. The normalized spacial score (nSPS) is 12.3. The van der Waals surface area contributed by atoms with Crippen LogP contribution in [-0.4, -0.2) is 46.3 Å². The van der Waals surface area contributed by atoms with Crippen LogP contribution < -0.4 is 15.0 Å². The number of nitrogens with one attached hydrogen (secondary N) is 1. The topological polar surface area (TPSA) is 71.5 Å². The monoisotopic (exact) mass is 509 g/mol. The highest BCUT2D eigenvalue weighted by Crippen LogP contribution is 2.27. The van der Waals surface area contributed by atoms with Gasteiger partial charge in [0.1, 0.15) is 11.6 Å². The zero-order chi connectivity index (χ0) is 21.6. The first kappa shape index (κ1) is 23.5. The molecular weight excluding hydrogens is 492 g/mol. The molecule has 6 nitrogen and oxygen atoms in total. The van der Waals surface area contributed by atoms with E-state index in [1.165, 1.54) is 30.5 Å². The Bertz CT molecular complexity index is 882. The van der Waals surface area contributed by atoms with Gasteiger partial charge in [0.2, 0.25) is 0 Å². The van der Waals surface area contributed by atoms with Crippen LogP contribution in [-0.2, 0) is 10.8 Å². The molecule has 158 valence electrons. The van der Waals surface area contributed by atoms with Crippen LogP contribution in [0.3, 0.4) is 0 Å². The van der Waals surface area contributed by atoms with Crippen LogP contribution in [0.5, 0.6) is 5.75 Å². The molecule has 2 rings (SSSR count). The van der Waals surface area contributed by atoms with E-state index in [9.17, 15) is 17.8 Å². The van der Waals surface area contributed by atoms with E-state index in [0.717, 1.165) is 6.42 Å². The number of halogens is 4. The lowest BCUT2D eigenvalue weighted by Gasteiger charge is -2.19. The molecule has 1 heterocycles. The Balaban J connectivity index is 2.00. The SMILES string of the molecule is CN(CCCS(C)=O)c1ncc(C(=O)Nc2ccc(OC(F)(F)Cl)cc2)cc1Br. The Morgan fingerprint density at radius 1 is 1.38 bits per heavy atom. The number of pyridine rings is 1. The van der Waals surface area contributed by atoms with Gasteiger partial charge in [-0.3, -0.25) is 9.00 Å². The fourth-order valence-corrected chi connectivity index (χ4v) is 3.67. The van der Waals surface area contributed by atoms with Crippen molar-refractivity contribution in [2.24, 2.45) is 0 Å². The fraction of sp³-hybridized carbons (Fsp3) is 0.333. The molecule has 11 heteroatoms. The summed E-state index contributed by atoms with van der Waals surface area (Å²) >= 11 is 8.13. The van der Waals surface area contributed by atoms with E-state index in [0.29, 0.717) is 33.8 Å². The van der Waals surface area contributed by atoms with Crippen molar-refractivity contribution in [1.29, 1.82) is 0 Å². The van der Waals surface area contributed by atoms with Crippen molar-refractivity contribution < 1.29 is 22.5 Å². The lowest BCUT2D eigenvalue weighted by molar-refractivity contribution is -0.0964. The Morgan fingerprint density at radius 2 is 2.03 bits per heavy atom. The highest BCUT2D eigenvalue weighted by Gasteiger charge is 2.27. The molecule has 1 N–H and O–H groups in total. The number of nitrogens with zero attached hydrogens (tertiary/aromatic N) is 2. The molecule has 0 bridgehead atoms. The van der Waals surface area contributed by atoms with Crippen LogP contribution >= 0.6 is 27.5 Å². The van der Waals surface area contributed by atoms with E-state index in [4.69, 9.17) is 11.6 Å². The molecule has 0 radical (unpaired) electrons. The van der Waals surface area contributed by atoms with Gasteiger partial charge in [-0.1, -0.05) is 0 Å². The summed E-state index contributed by atoms with van der Waals surface area (Å²) in [7, 11) is 1.02. The number of carbonyl (C=O) groups excluding carboxylic acids is 1. The second kappa shape index (κ2) is 10.3. The van der Waals surface area contributed by atoms with Gasteiger partial charge in [0.25, 0.3) is 5.91 Å². The van der Waals surface area contributed by atoms with Crippen molar-refractivity contribution in [2.75, 3.05) is 35.8 Å². The van der Waals surface area contributed by atoms with Gasteiger partial charge in [-0.15, -0.1) is 8.78 Å². The molecule has 0 spiro atoms. The van der Waals surface area contributed by atoms with E-state index < -0.39 is 22.3 Å². The minimum Gasteiger partial charge on any atom is -0.420 e. The largest absolute Gasteiger partial charge is 0.487 e. The average Bonchev–Trinajstić information content (AvgIpc) is 2.61. The molecule has 1 unspecified atom stereocenters. The molecule has 1 atom stereocenters. The molecule has 0 aliphatic heterocycles. The van der Waals surface area contributed by atoms with Gasteiger partial charge in [0.15, 0.2) is 0 Å². The van der Waals surface area contributed by atoms with Crippen LogP contribution in [0.15, 0.2) is 41.0 Å². The van der Waals surface area contributed by atoms with E-state index in [-0.39, 0.29) is 5.75 Å². The van der Waals surface area contributed by atoms with Crippen molar-refractivity contribution >= 4 is 55.7 Å². The summed E-state index contributed by atoms with van der Waals surface area (Å²) in [5.74, 6) is 0.721. The lowest BCUT2D eigenvalue weighted by Crippen LogP contribution is -2.22. The van der Waals surface area contributed by atoms with Crippen molar-refractivity contribution in [1.82, 2.24) is 4.98 Å². The molecule has 1 aromatic carbocycles. The summed E-state index contributed by atoms with van der Waals surface area (Å²) in [4.78, 5) is 18.6. The molecule has 29 heavy (non-hydrogen) atoms. The minimum atomic E-state index is -3.80. The maximum absolute atomic E-state index is 12.6. The third-order valence-electron chi connectivity index (χ3n) is 3.72. The maximum Gasteiger partial charge on any atom is 0.487 e. The predicted molar refractivity (Wildman–Crippen MR) is 115 cm³/mol. The molecule has 0 aliphatic rings. The summed E-state index contributed by atoms with van der Waals surface area (Å²) < 4.78 is 41.2. The number of amides is 1. The number of hydrogen-bond donors (Lipinski definition) is 1. The standard InChI is InChI=1S/C18H19BrClF2N3O3S/c1-25(8-3-9-29(2)27)16-15(19)10-12(11-23-16)17(26)24-13-4-6-14(7-5-13)28-18(20,21)22/h4-7,10-11H,3,8-9H2,1-2H3,(H,24,26). The van der Waals surface area contributed by atoms with E-state index in [2.05, 4.69) is 31.0 Å². The summed E-state index contributed by atoms with van der Waals surface area (Å²) in [6.45, 7) is 0.673. The number of ether oxygens (including phenoxy) is 1. The van der Waals surface area contributed by atoms with Crippen LogP contribution in [0.4, 0.5) is 20.3 Å². The Kier molecular flexibility index (Phi) is 8.35. The summed E-state index contributed by atoms with van der Waals surface area (Å²) in [6.07, 6.45) is 3.86. The fourth-order valence-electron chi connectivity index (χ4n) is 2.39. The molecule has 0 saturated heterocycles. The summed E-state index contributed by atoms with van der Waals surface area (Å²) in [5, 5.41) is 2.65. The van der Waals surface area contributed by atoms with Crippen molar-refractivity contribution in [3.63, 3.8) is 0 Å². The van der Waals surface area contributed by atoms with Crippen LogP contribution in [0.2, 0.25) is 0 Å². The zero-order valence-electron chi connectivity index (χ0n) is 15.6. The van der Waals surface area contributed by atoms with Crippen LogP contribution in [0.1, 0.15) is 16.8 Å². The first-order valence-corrected chi connectivity index (χ1v) is 11.3. The van der Waals surface area contributed by atoms with Gasteiger partial charge >= 0.3 is 5.57 Å². The number of aromatic nitrogens is 1. The van der Waals surface area contributed by atoms with Gasteiger partial charge in [-0.2, -0.15) is 0 Å². The number of carbonyl (C=O) groups is 1. The number of hydrogen-bond acceptors (Lipinski definition) is 5. The van der Waals surface area contributed by atoms with Gasteiger partial charge < -0.3 is 15.0 Å². The number of anilines is 2. The minimum absolute atomic E-state index is 0.133. The van der Waals surface area contributed by atoms with Gasteiger partial charge in [-0.25, -0.2) is 4.98 Å². The van der Waals surface area contributed by atoms with E-state index in [1.807, 2.05) is 11.9 Å². The quantitative estimate of drug-likeness (QED) is 0.504. The number of benzene rings is 1. The lowest BCUT2D eigenvalue weighted by atomic mass is 10.2. The molecule has 0 fully saturated rings. The molecular formula is C18H19BrClF2N3O3S. The number of alkyl halides is 3. The number of rotatable bonds is 9. The molecule has 2 aromatic rings. The Morgan fingerprint density at radius 3 is 2.59 bits per heavy atom.